The Labute approximate surface area is 106 Å². The van der Waals surface area contributed by atoms with Crippen molar-refractivity contribution in [1.29, 1.82) is 0 Å². The van der Waals surface area contributed by atoms with Crippen LogP contribution in [0, 0.1) is 5.92 Å². The first kappa shape index (κ1) is 13.3. The van der Waals surface area contributed by atoms with Crippen molar-refractivity contribution < 1.29 is 8.42 Å². The summed E-state index contributed by atoms with van der Waals surface area (Å²) in [5.41, 5.74) is -0.496. The lowest BCUT2D eigenvalue weighted by Crippen LogP contribution is -2.33. The Morgan fingerprint density at radius 2 is 2.33 bits per heavy atom. The highest BCUT2D eigenvalue weighted by Crippen LogP contribution is 2.13. The van der Waals surface area contributed by atoms with E-state index in [1.165, 1.54) is 18.5 Å². The standard InChI is InChI=1S/C11H17N3O3S/c1-14-5-3-9(8-14)6-13-18(16,17)11-7-12-4-2-10(11)15/h2,4,7,9,13H,3,5-6,8H2,1H3,(H,12,15). The number of hydrogen-bond acceptors (Lipinski definition) is 4. The average Bonchev–Trinajstić information content (AvgIpc) is 2.73. The van der Waals surface area contributed by atoms with E-state index in [1.807, 2.05) is 7.05 Å². The second-order valence-electron chi connectivity index (χ2n) is 4.64. The van der Waals surface area contributed by atoms with Crippen LogP contribution < -0.4 is 10.2 Å². The Balaban J connectivity index is 2.04. The fourth-order valence-corrected chi connectivity index (χ4v) is 3.28. The van der Waals surface area contributed by atoms with Gasteiger partial charge in [0, 0.05) is 31.5 Å². The van der Waals surface area contributed by atoms with E-state index >= 15 is 0 Å². The molecule has 0 aromatic carbocycles. The number of pyridine rings is 1. The summed E-state index contributed by atoms with van der Waals surface area (Å²) < 4.78 is 26.4. The summed E-state index contributed by atoms with van der Waals surface area (Å²) in [7, 11) is -1.70. The van der Waals surface area contributed by atoms with Gasteiger partial charge in [0.25, 0.3) is 0 Å². The normalized spacial score (nSPS) is 21.3. The van der Waals surface area contributed by atoms with Crippen molar-refractivity contribution in [3.8, 4) is 0 Å². The Hall–Kier alpha value is -1.18. The molecule has 0 amide bonds. The van der Waals surface area contributed by atoms with Crippen molar-refractivity contribution in [2.24, 2.45) is 5.92 Å². The molecule has 2 heterocycles. The minimum absolute atomic E-state index is 0.226. The van der Waals surface area contributed by atoms with Crippen LogP contribution in [-0.2, 0) is 10.0 Å². The van der Waals surface area contributed by atoms with Crippen molar-refractivity contribution in [2.75, 3.05) is 26.7 Å². The first-order chi connectivity index (χ1) is 8.49. The molecule has 1 unspecified atom stereocenters. The summed E-state index contributed by atoms with van der Waals surface area (Å²) in [6.07, 6.45) is 3.60. The van der Waals surface area contributed by atoms with E-state index in [9.17, 15) is 13.2 Å². The van der Waals surface area contributed by atoms with Crippen molar-refractivity contribution in [3.63, 3.8) is 0 Å². The fourth-order valence-electron chi connectivity index (χ4n) is 2.11. The van der Waals surface area contributed by atoms with Gasteiger partial charge in [0.1, 0.15) is 4.90 Å². The molecule has 1 aromatic heterocycles. The molecule has 1 atom stereocenters. The third kappa shape index (κ3) is 2.98. The second-order valence-corrected chi connectivity index (χ2v) is 6.38. The van der Waals surface area contributed by atoms with Gasteiger partial charge in [-0.1, -0.05) is 0 Å². The Bertz CT molecular complexity index is 567. The Kier molecular flexibility index (Phi) is 3.84. The fraction of sp³-hybridized carbons (Fsp3) is 0.545. The van der Waals surface area contributed by atoms with E-state index in [1.54, 1.807) is 0 Å². The van der Waals surface area contributed by atoms with E-state index in [4.69, 9.17) is 0 Å². The van der Waals surface area contributed by atoms with Crippen LogP contribution in [0.1, 0.15) is 6.42 Å². The maximum atomic E-state index is 11.9. The number of hydrogen-bond donors (Lipinski definition) is 2. The number of likely N-dealkylation sites (tertiary alicyclic amines) is 1. The zero-order chi connectivity index (χ0) is 13.2. The molecule has 1 saturated heterocycles. The maximum absolute atomic E-state index is 11.9. The van der Waals surface area contributed by atoms with Gasteiger partial charge in [0.15, 0.2) is 0 Å². The molecule has 0 bridgehead atoms. The highest BCUT2D eigenvalue weighted by atomic mass is 32.2. The zero-order valence-electron chi connectivity index (χ0n) is 10.2. The summed E-state index contributed by atoms with van der Waals surface area (Å²) in [4.78, 5) is 16.0. The topological polar surface area (TPSA) is 82.3 Å². The molecule has 18 heavy (non-hydrogen) atoms. The molecule has 0 radical (unpaired) electrons. The predicted molar refractivity (Wildman–Crippen MR) is 67.9 cm³/mol. The molecule has 1 aromatic rings. The molecule has 1 aliphatic rings. The van der Waals surface area contributed by atoms with Crippen molar-refractivity contribution in [1.82, 2.24) is 14.6 Å². The number of aromatic amines is 1. The van der Waals surface area contributed by atoms with E-state index < -0.39 is 15.5 Å². The minimum atomic E-state index is -3.71. The van der Waals surface area contributed by atoms with Gasteiger partial charge in [0.2, 0.25) is 15.5 Å². The lowest BCUT2D eigenvalue weighted by atomic mass is 10.1. The molecule has 0 aliphatic carbocycles. The molecule has 7 heteroatoms. The number of aromatic nitrogens is 1. The highest BCUT2D eigenvalue weighted by Gasteiger charge is 2.23. The van der Waals surface area contributed by atoms with Crippen LogP contribution in [0.25, 0.3) is 0 Å². The largest absolute Gasteiger partial charge is 0.366 e. The van der Waals surface area contributed by atoms with Crippen LogP contribution in [0.4, 0.5) is 0 Å². The van der Waals surface area contributed by atoms with Crippen LogP contribution in [0.15, 0.2) is 28.2 Å². The van der Waals surface area contributed by atoms with Gasteiger partial charge in [-0.2, -0.15) is 0 Å². The third-order valence-electron chi connectivity index (χ3n) is 3.13. The highest BCUT2D eigenvalue weighted by molar-refractivity contribution is 7.89. The Morgan fingerprint density at radius 3 is 2.94 bits per heavy atom. The van der Waals surface area contributed by atoms with Crippen molar-refractivity contribution in [2.45, 2.75) is 11.3 Å². The number of rotatable bonds is 4. The number of H-pyrrole nitrogens is 1. The molecule has 2 N–H and O–H groups in total. The summed E-state index contributed by atoms with van der Waals surface area (Å²) in [6.45, 7) is 2.24. The molecule has 100 valence electrons. The number of nitrogens with zero attached hydrogens (tertiary/aromatic N) is 1. The molecular weight excluding hydrogens is 254 g/mol. The van der Waals surface area contributed by atoms with Gasteiger partial charge in [-0.15, -0.1) is 0 Å². The molecule has 0 saturated carbocycles. The molecule has 2 rings (SSSR count). The lowest BCUT2D eigenvalue weighted by Gasteiger charge is -2.11. The molecule has 6 nitrogen and oxygen atoms in total. The maximum Gasteiger partial charge on any atom is 0.245 e. The van der Waals surface area contributed by atoms with E-state index in [0.29, 0.717) is 12.5 Å². The van der Waals surface area contributed by atoms with Gasteiger partial charge in [-0.25, -0.2) is 13.1 Å². The first-order valence-corrected chi connectivity index (χ1v) is 7.32. The van der Waals surface area contributed by atoms with Gasteiger partial charge >= 0.3 is 0 Å². The van der Waals surface area contributed by atoms with Crippen LogP contribution in [0.5, 0.6) is 0 Å². The van der Waals surface area contributed by atoms with Crippen LogP contribution in [0.2, 0.25) is 0 Å². The molecule has 0 spiro atoms. The molecular formula is C11H17N3O3S. The van der Waals surface area contributed by atoms with Crippen molar-refractivity contribution in [3.05, 3.63) is 28.7 Å². The molecule has 1 aliphatic heterocycles. The zero-order valence-corrected chi connectivity index (χ0v) is 11.0. The van der Waals surface area contributed by atoms with Crippen LogP contribution in [-0.4, -0.2) is 45.0 Å². The number of sulfonamides is 1. The van der Waals surface area contributed by atoms with Gasteiger partial charge in [0.05, 0.1) is 0 Å². The SMILES string of the molecule is CN1CCC(CNS(=O)(=O)c2c[nH]ccc2=O)C1. The van der Waals surface area contributed by atoms with Gasteiger partial charge in [-0.3, -0.25) is 4.79 Å². The first-order valence-electron chi connectivity index (χ1n) is 5.84. The van der Waals surface area contributed by atoms with Crippen LogP contribution >= 0.6 is 0 Å². The second kappa shape index (κ2) is 5.21. The van der Waals surface area contributed by atoms with Crippen LogP contribution in [0.3, 0.4) is 0 Å². The summed E-state index contributed by atoms with van der Waals surface area (Å²) in [5, 5.41) is 0. The lowest BCUT2D eigenvalue weighted by molar-refractivity contribution is 0.394. The number of nitrogens with one attached hydrogen (secondary N) is 2. The quantitative estimate of drug-likeness (QED) is 0.781. The predicted octanol–water partition coefficient (Wildman–Crippen LogP) is -0.395. The van der Waals surface area contributed by atoms with E-state index in [2.05, 4.69) is 14.6 Å². The van der Waals surface area contributed by atoms with E-state index in [-0.39, 0.29) is 4.90 Å². The summed E-state index contributed by atoms with van der Waals surface area (Å²) >= 11 is 0. The van der Waals surface area contributed by atoms with Crippen molar-refractivity contribution >= 4 is 10.0 Å². The van der Waals surface area contributed by atoms with Gasteiger partial charge < -0.3 is 9.88 Å². The summed E-state index contributed by atoms with van der Waals surface area (Å²) in [6, 6.07) is 1.21. The van der Waals surface area contributed by atoms with Gasteiger partial charge in [-0.05, 0) is 25.9 Å². The monoisotopic (exact) mass is 271 g/mol. The third-order valence-corrected chi connectivity index (χ3v) is 4.57. The molecule has 1 fully saturated rings. The smallest absolute Gasteiger partial charge is 0.245 e. The average molecular weight is 271 g/mol. The van der Waals surface area contributed by atoms with E-state index in [0.717, 1.165) is 19.5 Å². The minimum Gasteiger partial charge on any atom is -0.366 e. The Morgan fingerprint density at radius 1 is 1.56 bits per heavy atom. The summed E-state index contributed by atoms with van der Waals surface area (Å²) in [5.74, 6) is 0.313.